The van der Waals surface area contributed by atoms with Gasteiger partial charge in [-0.15, -0.1) is 16.2 Å². The van der Waals surface area contributed by atoms with E-state index in [1.807, 2.05) is 0 Å². The lowest BCUT2D eigenvalue weighted by atomic mass is 10.1. The molecule has 2 rings (SSSR count). The molecule has 0 bridgehead atoms. The van der Waals surface area contributed by atoms with E-state index in [4.69, 9.17) is 0 Å². The van der Waals surface area contributed by atoms with E-state index < -0.39 is 0 Å². The van der Waals surface area contributed by atoms with Gasteiger partial charge in [0.2, 0.25) is 0 Å². The average molecular weight is 168 g/mol. The van der Waals surface area contributed by atoms with Crippen molar-refractivity contribution in [2.24, 2.45) is 5.29 Å². The summed E-state index contributed by atoms with van der Waals surface area (Å²) < 4.78 is 0. The Morgan fingerprint density at radius 1 is 1.64 bits per heavy atom. The van der Waals surface area contributed by atoms with Crippen LogP contribution in [0, 0.1) is 4.91 Å². The second kappa shape index (κ2) is 2.62. The summed E-state index contributed by atoms with van der Waals surface area (Å²) in [6.45, 7) is 1.47. The molecule has 0 saturated carbocycles. The molecule has 58 valence electrons. The van der Waals surface area contributed by atoms with Crippen LogP contribution in [0.1, 0.15) is 10.4 Å². The van der Waals surface area contributed by atoms with Gasteiger partial charge in [-0.2, -0.15) is 0 Å². The zero-order valence-corrected chi connectivity index (χ0v) is 6.80. The predicted molar refractivity (Wildman–Crippen MR) is 44.2 cm³/mol. The molecule has 0 saturated heterocycles. The smallest absolute Gasteiger partial charge is 0.0653 e. The quantitative estimate of drug-likeness (QED) is 0.599. The van der Waals surface area contributed by atoms with Crippen LogP contribution in [0.25, 0.3) is 0 Å². The zero-order valence-electron chi connectivity index (χ0n) is 5.99. The van der Waals surface area contributed by atoms with Crippen molar-refractivity contribution >= 4 is 11.3 Å². The summed E-state index contributed by atoms with van der Waals surface area (Å²) in [5, 5.41) is 6.55. The SMILES string of the molecule is O=NN1CCc2sccc2C1. The highest BCUT2D eigenvalue weighted by Gasteiger charge is 2.15. The van der Waals surface area contributed by atoms with Gasteiger partial charge in [-0.3, -0.25) is 5.01 Å². The maximum absolute atomic E-state index is 10.2. The molecule has 0 atom stereocenters. The van der Waals surface area contributed by atoms with Crippen molar-refractivity contribution in [3.05, 3.63) is 26.8 Å². The van der Waals surface area contributed by atoms with Crippen LogP contribution in [0.15, 0.2) is 16.7 Å². The number of nitrogens with zero attached hydrogens (tertiary/aromatic N) is 2. The van der Waals surface area contributed by atoms with Crippen molar-refractivity contribution in [2.45, 2.75) is 13.0 Å². The Hall–Kier alpha value is -0.900. The Balaban J connectivity index is 2.24. The average Bonchev–Trinajstić information content (AvgIpc) is 2.50. The van der Waals surface area contributed by atoms with E-state index >= 15 is 0 Å². The molecular formula is C7H8N2OS. The number of nitroso groups, excluding NO2 is 1. The highest BCUT2D eigenvalue weighted by Crippen LogP contribution is 2.23. The lowest BCUT2D eigenvalue weighted by Gasteiger charge is -2.20. The van der Waals surface area contributed by atoms with Gasteiger partial charge in [-0.05, 0) is 17.0 Å². The molecule has 2 heterocycles. The first-order valence-corrected chi connectivity index (χ1v) is 4.41. The summed E-state index contributed by atoms with van der Waals surface area (Å²) >= 11 is 1.77. The zero-order chi connectivity index (χ0) is 7.68. The largest absolute Gasteiger partial charge is 0.256 e. The van der Waals surface area contributed by atoms with Crippen molar-refractivity contribution in [1.82, 2.24) is 5.01 Å². The van der Waals surface area contributed by atoms with Gasteiger partial charge < -0.3 is 0 Å². The fraction of sp³-hybridized carbons (Fsp3) is 0.429. The highest BCUT2D eigenvalue weighted by atomic mass is 32.1. The highest BCUT2D eigenvalue weighted by molar-refractivity contribution is 7.10. The third kappa shape index (κ3) is 1.14. The van der Waals surface area contributed by atoms with Gasteiger partial charge in [0.05, 0.1) is 11.8 Å². The van der Waals surface area contributed by atoms with Crippen molar-refractivity contribution in [1.29, 1.82) is 0 Å². The van der Waals surface area contributed by atoms with Crippen LogP contribution in [-0.2, 0) is 13.0 Å². The van der Waals surface area contributed by atoms with Crippen LogP contribution in [0.5, 0.6) is 0 Å². The molecule has 0 radical (unpaired) electrons. The standard InChI is InChI=1S/C7H8N2OS/c10-8-9-3-1-7-6(5-9)2-4-11-7/h2,4H,1,3,5H2. The maximum atomic E-state index is 10.2. The topological polar surface area (TPSA) is 32.7 Å². The summed E-state index contributed by atoms with van der Waals surface area (Å²) in [6, 6.07) is 2.07. The predicted octanol–water partition coefficient (Wildman–Crippen LogP) is 1.79. The summed E-state index contributed by atoms with van der Waals surface area (Å²) in [4.78, 5) is 11.6. The second-order valence-corrected chi connectivity index (χ2v) is 3.59. The third-order valence-electron chi connectivity index (χ3n) is 1.90. The van der Waals surface area contributed by atoms with E-state index in [1.165, 1.54) is 10.4 Å². The molecule has 0 spiro atoms. The minimum atomic E-state index is 0.697. The lowest BCUT2D eigenvalue weighted by Crippen LogP contribution is -2.23. The van der Waals surface area contributed by atoms with E-state index in [-0.39, 0.29) is 0 Å². The van der Waals surface area contributed by atoms with Crippen LogP contribution in [-0.4, -0.2) is 11.6 Å². The molecule has 0 N–H and O–H groups in total. The van der Waals surface area contributed by atoms with Crippen molar-refractivity contribution in [2.75, 3.05) is 6.54 Å². The Morgan fingerprint density at radius 2 is 2.55 bits per heavy atom. The van der Waals surface area contributed by atoms with Gasteiger partial charge in [0.1, 0.15) is 0 Å². The van der Waals surface area contributed by atoms with Gasteiger partial charge in [-0.1, -0.05) is 0 Å². The van der Waals surface area contributed by atoms with E-state index in [9.17, 15) is 4.91 Å². The minimum absolute atomic E-state index is 0.697. The first-order chi connectivity index (χ1) is 5.40. The molecule has 0 fully saturated rings. The summed E-state index contributed by atoms with van der Waals surface area (Å²) in [6.07, 6.45) is 0.971. The molecule has 1 aliphatic rings. The Labute approximate surface area is 68.6 Å². The minimum Gasteiger partial charge on any atom is -0.256 e. The van der Waals surface area contributed by atoms with Crippen molar-refractivity contribution in [3.8, 4) is 0 Å². The number of fused-ring (bicyclic) bond motifs is 1. The molecule has 4 heteroatoms. The van der Waals surface area contributed by atoms with Crippen LogP contribution in [0.4, 0.5) is 0 Å². The molecule has 1 aliphatic heterocycles. The van der Waals surface area contributed by atoms with Crippen LogP contribution >= 0.6 is 11.3 Å². The van der Waals surface area contributed by atoms with Gasteiger partial charge in [0.15, 0.2) is 0 Å². The lowest BCUT2D eigenvalue weighted by molar-refractivity contribution is 0.265. The van der Waals surface area contributed by atoms with E-state index in [0.717, 1.165) is 13.0 Å². The third-order valence-corrected chi connectivity index (χ3v) is 2.93. The Morgan fingerprint density at radius 3 is 3.36 bits per heavy atom. The number of hydrogen-bond acceptors (Lipinski definition) is 3. The first-order valence-electron chi connectivity index (χ1n) is 3.53. The van der Waals surface area contributed by atoms with E-state index in [2.05, 4.69) is 16.7 Å². The van der Waals surface area contributed by atoms with E-state index in [1.54, 1.807) is 16.3 Å². The van der Waals surface area contributed by atoms with Crippen LogP contribution < -0.4 is 0 Å². The number of hydrogen-bond donors (Lipinski definition) is 0. The van der Waals surface area contributed by atoms with Crippen LogP contribution in [0.2, 0.25) is 0 Å². The number of thiophene rings is 1. The molecule has 0 unspecified atom stereocenters. The Kier molecular flexibility index (Phi) is 1.62. The fourth-order valence-electron chi connectivity index (χ4n) is 1.30. The van der Waals surface area contributed by atoms with Gasteiger partial charge in [-0.25, -0.2) is 0 Å². The fourth-order valence-corrected chi connectivity index (χ4v) is 2.19. The molecule has 1 aromatic rings. The van der Waals surface area contributed by atoms with Crippen molar-refractivity contribution in [3.63, 3.8) is 0 Å². The van der Waals surface area contributed by atoms with Crippen LogP contribution in [0.3, 0.4) is 0 Å². The molecule has 0 aliphatic carbocycles. The second-order valence-electron chi connectivity index (χ2n) is 2.59. The maximum Gasteiger partial charge on any atom is 0.0653 e. The normalized spacial score (nSPS) is 16.2. The van der Waals surface area contributed by atoms with Crippen molar-refractivity contribution < 1.29 is 0 Å². The molecular weight excluding hydrogens is 160 g/mol. The molecule has 0 aromatic carbocycles. The Bertz CT molecular complexity index is 271. The van der Waals surface area contributed by atoms with E-state index in [0.29, 0.717) is 6.54 Å². The summed E-state index contributed by atoms with van der Waals surface area (Å²) in [5.41, 5.74) is 1.26. The number of rotatable bonds is 1. The molecule has 3 nitrogen and oxygen atoms in total. The molecule has 1 aromatic heterocycles. The van der Waals surface area contributed by atoms with Gasteiger partial charge in [0.25, 0.3) is 0 Å². The molecule has 0 amide bonds. The summed E-state index contributed by atoms with van der Waals surface area (Å²) in [7, 11) is 0. The first kappa shape index (κ1) is 6.79. The summed E-state index contributed by atoms with van der Waals surface area (Å²) in [5.74, 6) is 0. The van der Waals surface area contributed by atoms with Gasteiger partial charge in [0, 0.05) is 17.8 Å². The van der Waals surface area contributed by atoms with Gasteiger partial charge >= 0.3 is 0 Å². The molecule has 11 heavy (non-hydrogen) atoms. The monoisotopic (exact) mass is 168 g/mol.